The molecule has 2 aromatic rings. The number of carbonyl (C=O) groups is 1. The molecule has 0 saturated carbocycles. The minimum absolute atomic E-state index is 0.139. The number of aryl methyl sites for hydroxylation is 1. The first-order chi connectivity index (χ1) is 10.4. The van der Waals surface area contributed by atoms with Gasteiger partial charge in [-0.25, -0.2) is 0 Å². The molecule has 0 spiro atoms. The molecular formula is C17H17BrClNO2. The molecular weight excluding hydrogens is 366 g/mol. The van der Waals surface area contributed by atoms with Gasteiger partial charge in [0.25, 0.3) is 5.91 Å². The molecule has 2 aromatic carbocycles. The van der Waals surface area contributed by atoms with Crippen molar-refractivity contribution in [2.75, 3.05) is 7.11 Å². The molecule has 1 atom stereocenters. The van der Waals surface area contributed by atoms with Crippen LogP contribution in [0.3, 0.4) is 0 Å². The maximum Gasteiger partial charge on any atom is 0.252 e. The van der Waals surface area contributed by atoms with Crippen molar-refractivity contribution in [3.63, 3.8) is 0 Å². The molecule has 1 N–H and O–H groups in total. The van der Waals surface area contributed by atoms with E-state index in [9.17, 15) is 4.79 Å². The molecule has 0 bridgehead atoms. The lowest BCUT2D eigenvalue weighted by molar-refractivity contribution is 0.0939. The van der Waals surface area contributed by atoms with Crippen LogP contribution in [0.4, 0.5) is 0 Å². The van der Waals surface area contributed by atoms with Gasteiger partial charge in [0.1, 0.15) is 5.75 Å². The Kier molecular flexibility index (Phi) is 5.48. The van der Waals surface area contributed by atoms with Crippen LogP contribution in [0.25, 0.3) is 0 Å². The highest BCUT2D eigenvalue weighted by Crippen LogP contribution is 2.24. The number of methoxy groups -OCH3 is 1. The van der Waals surface area contributed by atoms with Gasteiger partial charge >= 0.3 is 0 Å². The van der Waals surface area contributed by atoms with Crippen molar-refractivity contribution in [2.45, 2.75) is 19.9 Å². The molecule has 1 amide bonds. The fraction of sp³-hybridized carbons (Fsp3) is 0.235. The van der Waals surface area contributed by atoms with E-state index < -0.39 is 0 Å². The number of halogens is 2. The Bertz CT molecular complexity index is 683. The van der Waals surface area contributed by atoms with Crippen molar-refractivity contribution in [2.24, 2.45) is 0 Å². The molecule has 0 saturated heterocycles. The minimum Gasteiger partial charge on any atom is -0.497 e. The zero-order valence-electron chi connectivity index (χ0n) is 12.6. The van der Waals surface area contributed by atoms with Crippen LogP contribution in [0.5, 0.6) is 5.75 Å². The zero-order valence-corrected chi connectivity index (χ0v) is 15.0. The lowest BCUT2D eigenvalue weighted by Gasteiger charge is -2.16. The molecule has 0 radical (unpaired) electrons. The summed E-state index contributed by atoms with van der Waals surface area (Å²) in [5.74, 6) is 0.522. The Balaban J connectivity index is 2.21. The second-order valence-corrected chi connectivity index (χ2v) is 6.43. The smallest absolute Gasteiger partial charge is 0.252 e. The van der Waals surface area contributed by atoms with Crippen molar-refractivity contribution in [1.82, 2.24) is 5.32 Å². The number of nitrogens with one attached hydrogen (secondary N) is 1. The summed E-state index contributed by atoms with van der Waals surface area (Å²) in [6, 6.07) is 10.9. The maximum atomic E-state index is 12.5. The fourth-order valence-electron chi connectivity index (χ4n) is 2.16. The highest BCUT2D eigenvalue weighted by atomic mass is 79.9. The van der Waals surface area contributed by atoms with Gasteiger partial charge in [-0.1, -0.05) is 33.6 Å². The van der Waals surface area contributed by atoms with E-state index in [-0.39, 0.29) is 11.9 Å². The van der Waals surface area contributed by atoms with Gasteiger partial charge in [-0.2, -0.15) is 0 Å². The van der Waals surface area contributed by atoms with Gasteiger partial charge in [-0.15, -0.1) is 0 Å². The van der Waals surface area contributed by atoms with Crippen LogP contribution in [0, 0.1) is 6.92 Å². The van der Waals surface area contributed by atoms with Crippen molar-refractivity contribution >= 4 is 33.4 Å². The van der Waals surface area contributed by atoms with Crippen LogP contribution in [-0.4, -0.2) is 13.0 Å². The van der Waals surface area contributed by atoms with E-state index in [2.05, 4.69) is 21.2 Å². The molecule has 0 fully saturated rings. The van der Waals surface area contributed by atoms with Gasteiger partial charge in [0.05, 0.1) is 13.2 Å². The van der Waals surface area contributed by atoms with Gasteiger partial charge in [0.2, 0.25) is 0 Å². The normalized spacial score (nSPS) is 11.9. The topological polar surface area (TPSA) is 38.3 Å². The van der Waals surface area contributed by atoms with Crippen molar-refractivity contribution in [3.05, 3.63) is 62.6 Å². The lowest BCUT2D eigenvalue weighted by Crippen LogP contribution is -2.27. The molecule has 0 unspecified atom stereocenters. The molecule has 0 aliphatic carbocycles. The number of carbonyl (C=O) groups excluding carboxylic acids is 1. The van der Waals surface area contributed by atoms with Gasteiger partial charge < -0.3 is 10.1 Å². The Labute approximate surface area is 143 Å². The summed E-state index contributed by atoms with van der Waals surface area (Å²) in [7, 11) is 1.58. The molecule has 0 aliphatic heterocycles. The third-order valence-electron chi connectivity index (χ3n) is 3.42. The average Bonchev–Trinajstić information content (AvgIpc) is 2.46. The second-order valence-electron chi connectivity index (χ2n) is 5.08. The summed E-state index contributed by atoms with van der Waals surface area (Å²) in [6.07, 6.45) is 0. The number of amides is 1. The van der Waals surface area contributed by atoms with Gasteiger partial charge in [0.15, 0.2) is 0 Å². The lowest BCUT2D eigenvalue weighted by atomic mass is 10.1. The SMILES string of the molecule is COc1ccc(C)c(C(=O)N[C@H](C)c2cc(Cl)cc(Br)c2)c1. The first-order valence-electron chi connectivity index (χ1n) is 6.82. The van der Waals surface area contributed by atoms with E-state index in [0.717, 1.165) is 15.6 Å². The average molecular weight is 383 g/mol. The molecule has 5 heteroatoms. The number of hydrogen-bond donors (Lipinski definition) is 1. The Morgan fingerprint density at radius 2 is 2.00 bits per heavy atom. The molecule has 0 heterocycles. The molecule has 0 aromatic heterocycles. The highest BCUT2D eigenvalue weighted by molar-refractivity contribution is 9.10. The van der Waals surface area contributed by atoms with E-state index in [1.165, 1.54) is 0 Å². The van der Waals surface area contributed by atoms with Crippen LogP contribution in [0.15, 0.2) is 40.9 Å². The van der Waals surface area contributed by atoms with Gasteiger partial charge in [0, 0.05) is 15.1 Å². The number of benzene rings is 2. The predicted octanol–water partition coefficient (Wildman–Crippen LogP) is 4.91. The van der Waals surface area contributed by atoms with E-state index in [1.807, 2.05) is 44.2 Å². The van der Waals surface area contributed by atoms with Crippen LogP contribution in [0.1, 0.15) is 34.5 Å². The monoisotopic (exact) mass is 381 g/mol. The first-order valence-corrected chi connectivity index (χ1v) is 7.99. The summed E-state index contributed by atoms with van der Waals surface area (Å²) in [4.78, 5) is 12.5. The second kappa shape index (κ2) is 7.16. The zero-order chi connectivity index (χ0) is 16.3. The summed E-state index contributed by atoms with van der Waals surface area (Å²) in [6.45, 7) is 3.82. The molecule has 22 heavy (non-hydrogen) atoms. The van der Waals surface area contributed by atoms with Crippen LogP contribution >= 0.6 is 27.5 Å². The standard InChI is InChI=1S/C17H17BrClNO2/c1-10-4-5-15(22-3)9-16(10)17(21)20-11(2)12-6-13(18)8-14(19)7-12/h4-9,11H,1-3H3,(H,20,21)/t11-/m1/s1. The molecule has 0 aliphatic rings. The highest BCUT2D eigenvalue weighted by Gasteiger charge is 2.15. The number of hydrogen-bond acceptors (Lipinski definition) is 2. The summed E-state index contributed by atoms with van der Waals surface area (Å²) in [5, 5.41) is 3.61. The maximum absolute atomic E-state index is 12.5. The summed E-state index contributed by atoms with van der Waals surface area (Å²) >= 11 is 9.46. The van der Waals surface area contributed by atoms with E-state index in [0.29, 0.717) is 16.3 Å². The first kappa shape index (κ1) is 16.8. The fourth-order valence-corrected chi connectivity index (χ4v) is 3.04. The third kappa shape index (κ3) is 4.02. The van der Waals surface area contributed by atoms with E-state index >= 15 is 0 Å². The van der Waals surface area contributed by atoms with Crippen molar-refractivity contribution in [3.8, 4) is 5.75 Å². The third-order valence-corrected chi connectivity index (χ3v) is 4.10. The van der Waals surface area contributed by atoms with E-state index in [1.54, 1.807) is 13.2 Å². The van der Waals surface area contributed by atoms with E-state index in [4.69, 9.17) is 16.3 Å². The number of rotatable bonds is 4. The van der Waals surface area contributed by atoms with Gasteiger partial charge in [-0.05, 0) is 55.3 Å². The molecule has 116 valence electrons. The quantitative estimate of drug-likeness (QED) is 0.816. The van der Waals surface area contributed by atoms with Crippen LogP contribution in [0.2, 0.25) is 5.02 Å². The molecule has 3 nitrogen and oxygen atoms in total. The Morgan fingerprint density at radius 3 is 2.64 bits per heavy atom. The van der Waals surface area contributed by atoms with Crippen LogP contribution < -0.4 is 10.1 Å². The van der Waals surface area contributed by atoms with Crippen LogP contribution in [-0.2, 0) is 0 Å². The minimum atomic E-state index is -0.159. The summed E-state index contributed by atoms with van der Waals surface area (Å²) < 4.78 is 6.06. The predicted molar refractivity (Wildman–Crippen MR) is 92.8 cm³/mol. The summed E-state index contributed by atoms with van der Waals surface area (Å²) in [5.41, 5.74) is 2.44. The van der Waals surface area contributed by atoms with Gasteiger partial charge in [-0.3, -0.25) is 4.79 Å². The molecule has 2 rings (SSSR count). The Hall–Kier alpha value is -1.52. The van der Waals surface area contributed by atoms with Crippen molar-refractivity contribution in [1.29, 1.82) is 0 Å². The Morgan fingerprint density at radius 1 is 1.27 bits per heavy atom. The largest absolute Gasteiger partial charge is 0.497 e. The number of ether oxygens (including phenoxy) is 1. The van der Waals surface area contributed by atoms with Crippen molar-refractivity contribution < 1.29 is 9.53 Å².